The monoisotopic (exact) mass is 305 g/mol. The van der Waals surface area contributed by atoms with Crippen LogP contribution >= 0.6 is 0 Å². The van der Waals surface area contributed by atoms with Crippen molar-refractivity contribution < 1.29 is 19.4 Å². The van der Waals surface area contributed by atoms with E-state index >= 15 is 0 Å². The maximum absolute atomic E-state index is 11.3. The minimum absolute atomic E-state index is 0.190. The molecule has 2 rings (SSSR count). The van der Waals surface area contributed by atoms with Crippen LogP contribution in [0.3, 0.4) is 0 Å². The van der Waals surface area contributed by atoms with Gasteiger partial charge in [0.1, 0.15) is 5.82 Å². The summed E-state index contributed by atoms with van der Waals surface area (Å²) in [5.41, 5.74) is 1.53. The summed E-state index contributed by atoms with van der Waals surface area (Å²) in [7, 11) is 0. The van der Waals surface area contributed by atoms with Crippen molar-refractivity contribution >= 4 is 23.8 Å². The highest BCUT2D eigenvalue weighted by molar-refractivity contribution is 5.89. The van der Waals surface area contributed by atoms with E-state index in [0.717, 1.165) is 24.7 Å². The molecule has 1 saturated heterocycles. The van der Waals surface area contributed by atoms with Gasteiger partial charge in [-0.1, -0.05) is 0 Å². The summed E-state index contributed by atoms with van der Waals surface area (Å²) in [5.74, 6) is -0.698. The van der Waals surface area contributed by atoms with Gasteiger partial charge in [-0.3, -0.25) is 9.69 Å². The number of carbonyl (C=O) groups is 2. The number of aromatic nitrogens is 1. The average molecular weight is 305 g/mol. The van der Waals surface area contributed by atoms with Crippen LogP contribution < -0.4 is 5.32 Å². The molecule has 1 fully saturated rings. The zero-order valence-corrected chi connectivity index (χ0v) is 12.4. The quantitative estimate of drug-likeness (QED) is 0.788. The molecule has 2 N–H and O–H groups in total. The van der Waals surface area contributed by atoms with Crippen LogP contribution in [0.5, 0.6) is 0 Å². The number of anilines is 1. The fourth-order valence-electron chi connectivity index (χ4n) is 2.19. The molecule has 0 atom stereocenters. The summed E-state index contributed by atoms with van der Waals surface area (Å²) in [6.45, 7) is 5.05. The van der Waals surface area contributed by atoms with Crippen LogP contribution in [-0.2, 0) is 20.9 Å². The molecule has 0 spiro atoms. The summed E-state index contributed by atoms with van der Waals surface area (Å²) in [4.78, 5) is 28.3. The Morgan fingerprint density at radius 3 is 2.82 bits per heavy atom. The highest BCUT2D eigenvalue weighted by Crippen LogP contribution is 2.18. The third-order valence-corrected chi connectivity index (χ3v) is 3.20. The van der Waals surface area contributed by atoms with E-state index in [1.165, 1.54) is 19.2 Å². The van der Waals surface area contributed by atoms with E-state index in [-0.39, 0.29) is 5.91 Å². The number of carbonyl (C=O) groups excluding carboxylic acids is 1. The minimum Gasteiger partial charge on any atom is -0.478 e. The normalized spacial score (nSPS) is 15.9. The largest absolute Gasteiger partial charge is 0.478 e. The lowest BCUT2D eigenvalue weighted by molar-refractivity contribution is -0.131. The molecule has 7 nitrogen and oxygen atoms in total. The molecule has 22 heavy (non-hydrogen) atoms. The fraction of sp³-hybridized carbons (Fsp3) is 0.400. The lowest BCUT2D eigenvalue weighted by Crippen LogP contribution is -2.36. The highest BCUT2D eigenvalue weighted by Gasteiger charge is 2.14. The van der Waals surface area contributed by atoms with Gasteiger partial charge in [0.25, 0.3) is 0 Å². The molecule has 7 heteroatoms. The number of hydrogen-bond acceptors (Lipinski definition) is 5. The number of pyridine rings is 1. The summed E-state index contributed by atoms with van der Waals surface area (Å²) in [5, 5.41) is 11.4. The molecule has 1 aromatic heterocycles. The zero-order chi connectivity index (χ0) is 15.9. The second kappa shape index (κ2) is 7.67. The SMILES string of the molecule is CC(=O)Nc1ncc(C=CC(=O)O)cc1CN1CCOCC1. The number of carboxylic acid groups (broad SMARTS) is 1. The number of amides is 1. The summed E-state index contributed by atoms with van der Waals surface area (Å²) in [6, 6.07) is 1.84. The van der Waals surface area contributed by atoms with Crippen LogP contribution in [0.15, 0.2) is 18.3 Å². The summed E-state index contributed by atoms with van der Waals surface area (Å²) in [6.07, 6.45) is 4.08. The number of rotatable bonds is 5. The maximum atomic E-state index is 11.3. The van der Waals surface area contributed by atoms with E-state index in [9.17, 15) is 9.59 Å². The van der Waals surface area contributed by atoms with Crippen molar-refractivity contribution in [2.75, 3.05) is 31.6 Å². The standard InChI is InChI=1S/C15H19N3O4/c1-11(19)17-15-13(10-18-4-6-22-7-5-18)8-12(9-16-15)2-3-14(20)21/h2-3,8-9H,4-7,10H2,1H3,(H,20,21)(H,16,17,19). The predicted octanol–water partition coefficient (Wildman–Crippen LogP) is 0.970. The Balaban J connectivity index is 2.21. The Kier molecular flexibility index (Phi) is 5.62. The van der Waals surface area contributed by atoms with Crippen molar-refractivity contribution in [1.29, 1.82) is 0 Å². The topological polar surface area (TPSA) is 91.8 Å². The van der Waals surface area contributed by atoms with Gasteiger partial charge in [-0.05, 0) is 17.7 Å². The molecule has 2 heterocycles. The van der Waals surface area contributed by atoms with Crippen LogP contribution in [-0.4, -0.2) is 53.2 Å². The van der Waals surface area contributed by atoms with Crippen molar-refractivity contribution in [3.63, 3.8) is 0 Å². The van der Waals surface area contributed by atoms with Crippen LogP contribution in [0.1, 0.15) is 18.1 Å². The predicted molar refractivity (Wildman–Crippen MR) is 81.3 cm³/mol. The summed E-state index contributed by atoms with van der Waals surface area (Å²) < 4.78 is 5.32. The first-order valence-corrected chi connectivity index (χ1v) is 7.02. The van der Waals surface area contributed by atoms with Gasteiger partial charge in [-0.2, -0.15) is 0 Å². The third-order valence-electron chi connectivity index (χ3n) is 3.20. The van der Waals surface area contributed by atoms with Crippen LogP contribution in [0.2, 0.25) is 0 Å². The molecule has 1 amide bonds. The van der Waals surface area contributed by atoms with E-state index in [0.29, 0.717) is 31.1 Å². The molecule has 118 valence electrons. The molecule has 0 unspecified atom stereocenters. The van der Waals surface area contributed by atoms with Gasteiger partial charge < -0.3 is 15.2 Å². The van der Waals surface area contributed by atoms with Crippen LogP contribution in [0, 0.1) is 0 Å². The van der Waals surface area contributed by atoms with Gasteiger partial charge in [-0.25, -0.2) is 9.78 Å². The van der Waals surface area contributed by atoms with Gasteiger partial charge >= 0.3 is 5.97 Å². The van der Waals surface area contributed by atoms with Crippen LogP contribution in [0.25, 0.3) is 6.08 Å². The number of hydrogen-bond donors (Lipinski definition) is 2. The van der Waals surface area contributed by atoms with E-state index in [4.69, 9.17) is 9.84 Å². The van der Waals surface area contributed by atoms with Gasteiger partial charge in [0.2, 0.25) is 5.91 Å². The first-order valence-electron chi connectivity index (χ1n) is 7.02. The molecule has 0 radical (unpaired) electrons. The Morgan fingerprint density at radius 1 is 1.45 bits per heavy atom. The number of carboxylic acids is 1. The van der Waals surface area contributed by atoms with Crippen molar-refractivity contribution in [3.05, 3.63) is 29.5 Å². The third kappa shape index (κ3) is 4.94. The molecule has 1 aliphatic heterocycles. The van der Waals surface area contributed by atoms with Crippen molar-refractivity contribution in [1.82, 2.24) is 9.88 Å². The van der Waals surface area contributed by atoms with E-state index < -0.39 is 5.97 Å². The Bertz CT molecular complexity index is 580. The maximum Gasteiger partial charge on any atom is 0.328 e. The number of morpholine rings is 1. The molecule has 1 aromatic rings. The Morgan fingerprint density at radius 2 is 2.18 bits per heavy atom. The lowest BCUT2D eigenvalue weighted by Gasteiger charge is -2.27. The summed E-state index contributed by atoms with van der Waals surface area (Å²) >= 11 is 0. The van der Waals surface area contributed by atoms with E-state index in [1.807, 2.05) is 6.07 Å². The smallest absolute Gasteiger partial charge is 0.328 e. The van der Waals surface area contributed by atoms with Gasteiger partial charge in [-0.15, -0.1) is 0 Å². The second-order valence-electron chi connectivity index (χ2n) is 5.02. The van der Waals surface area contributed by atoms with E-state index in [1.54, 1.807) is 0 Å². The van der Waals surface area contributed by atoms with Crippen molar-refractivity contribution in [2.45, 2.75) is 13.5 Å². The molecule has 0 aliphatic carbocycles. The van der Waals surface area contributed by atoms with Crippen molar-refractivity contribution in [3.8, 4) is 0 Å². The lowest BCUT2D eigenvalue weighted by atomic mass is 10.1. The number of nitrogens with zero attached hydrogens (tertiary/aromatic N) is 2. The van der Waals surface area contributed by atoms with E-state index in [2.05, 4.69) is 15.2 Å². The van der Waals surface area contributed by atoms with Crippen LogP contribution in [0.4, 0.5) is 5.82 Å². The zero-order valence-electron chi connectivity index (χ0n) is 12.4. The molecule has 0 saturated carbocycles. The van der Waals surface area contributed by atoms with Gasteiger partial charge in [0.15, 0.2) is 0 Å². The number of ether oxygens (including phenoxy) is 1. The van der Waals surface area contributed by atoms with Crippen molar-refractivity contribution in [2.24, 2.45) is 0 Å². The average Bonchev–Trinajstić information content (AvgIpc) is 2.48. The first-order chi connectivity index (χ1) is 10.5. The molecule has 1 aliphatic rings. The number of aliphatic carboxylic acids is 1. The van der Waals surface area contributed by atoms with Gasteiger partial charge in [0.05, 0.1) is 13.2 Å². The molecule has 0 aromatic carbocycles. The van der Waals surface area contributed by atoms with Gasteiger partial charge in [0, 0.05) is 44.4 Å². The molecular formula is C15H19N3O4. The highest BCUT2D eigenvalue weighted by atomic mass is 16.5. The number of nitrogens with one attached hydrogen (secondary N) is 1. The fourth-order valence-corrected chi connectivity index (χ4v) is 2.19. The Labute approximate surface area is 128 Å². The first kappa shape index (κ1) is 16.1. The molecular weight excluding hydrogens is 286 g/mol. The Hall–Kier alpha value is -2.25. The minimum atomic E-state index is -1.01. The second-order valence-corrected chi connectivity index (χ2v) is 5.02. The molecule has 0 bridgehead atoms.